The summed E-state index contributed by atoms with van der Waals surface area (Å²) >= 11 is 1.53. The summed E-state index contributed by atoms with van der Waals surface area (Å²) in [4.78, 5) is 38.1. The van der Waals surface area contributed by atoms with E-state index in [0.717, 1.165) is 27.6 Å². The van der Waals surface area contributed by atoms with Crippen molar-refractivity contribution in [2.45, 2.75) is 6.42 Å². The fourth-order valence-corrected chi connectivity index (χ4v) is 4.21. The van der Waals surface area contributed by atoms with E-state index in [2.05, 4.69) is 20.2 Å². The van der Waals surface area contributed by atoms with Crippen LogP contribution in [0.1, 0.15) is 16.8 Å². The van der Waals surface area contributed by atoms with Gasteiger partial charge in [0, 0.05) is 51.4 Å². The van der Waals surface area contributed by atoms with E-state index in [4.69, 9.17) is 0 Å². The van der Waals surface area contributed by atoms with Crippen molar-refractivity contribution in [3.8, 4) is 0 Å². The zero-order chi connectivity index (χ0) is 21.1. The van der Waals surface area contributed by atoms with Crippen molar-refractivity contribution >= 4 is 38.6 Å². The monoisotopic (exact) mass is 431 g/mol. The summed E-state index contributed by atoms with van der Waals surface area (Å²) < 4.78 is 26.6. The first-order valence-corrected chi connectivity index (χ1v) is 10.3. The molecule has 4 rings (SSSR count). The molecule has 3 heterocycles. The first kappa shape index (κ1) is 20.1. The predicted octanol–water partition coefficient (Wildman–Crippen LogP) is 2.44. The molecule has 1 saturated heterocycles. The Labute approximate surface area is 175 Å². The molecule has 1 fully saturated rings. The average molecular weight is 431 g/mol. The molecule has 3 aromatic rings. The van der Waals surface area contributed by atoms with Crippen molar-refractivity contribution < 1.29 is 18.4 Å². The molecule has 0 bridgehead atoms. The Bertz CT molecular complexity index is 1050. The third kappa shape index (κ3) is 4.38. The Kier molecular flexibility index (Phi) is 5.84. The van der Waals surface area contributed by atoms with Crippen molar-refractivity contribution in [2.24, 2.45) is 0 Å². The molecule has 0 unspecified atom stereocenters. The molecule has 1 aliphatic heterocycles. The number of anilines is 1. The van der Waals surface area contributed by atoms with Crippen molar-refractivity contribution in [1.29, 1.82) is 0 Å². The second-order valence-corrected chi connectivity index (χ2v) is 7.78. The van der Waals surface area contributed by atoms with Crippen LogP contribution in [-0.4, -0.2) is 59.4 Å². The van der Waals surface area contributed by atoms with Crippen molar-refractivity contribution in [1.82, 2.24) is 20.2 Å². The summed E-state index contributed by atoms with van der Waals surface area (Å²) in [6, 6.07) is 6.53. The minimum absolute atomic E-state index is 0.0816. The zero-order valence-corrected chi connectivity index (χ0v) is 16.8. The van der Waals surface area contributed by atoms with Crippen LogP contribution in [0, 0.1) is 11.6 Å². The Balaban J connectivity index is 1.25. The highest BCUT2D eigenvalue weighted by molar-refractivity contribution is 7.21. The van der Waals surface area contributed by atoms with Gasteiger partial charge in [0.1, 0.15) is 22.0 Å². The number of carbonyl (C=O) groups is 2. The van der Waals surface area contributed by atoms with Gasteiger partial charge in [0.25, 0.3) is 5.91 Å². The molecule has 10 heteroatoms. The maximum atomic E-state index is 13.6. The van der Waals surface area contributed by atoms with Gasteiger partial charge < -0.3 is 15.1 Å². The van der Waals surface area contributed by atoms with Crippen LogP contribution in [0.5, 0.6) is 0 Å². The van der Waals surface area contributed by atoms with Gasteiger partial charge in [-0.15, -0.1) is 0 Å². The summed E-state index contributed by atoms with van der Waals surface area (Å²) in [5.74, 6) is -2.43. The first-order chi connectivity index (χ1) is 14.5. The summed E-state index contributed by atoms with van der Waals surface area (Å²) in [6.07, 6.45) is 1.85. The number of thiazole rings is 1. The number of hydrogen-bond acceptors (Lipinski definition) is 6. The fraction of sp³-hybridized carbons (Fsp3) is 0.300. The summed E-state index contributed by atoms with van der Waals surface area (Å²) in [5, 5.41) is 3.40. The number of benzene rings is 1. The zero-order valence-electron chi connectivity index (χ0n) is 16.0. The molecule has 0 atom stereocenters. The predicted molar refractivity (Wildman–Crippen MR) is 110 cm³/mol. The van der Waals surface area contributed by atoms with Crippen molar-refractivity contribution in [3.63, 3.8) is 0 Å². The number of aromatic nitrogens is 2. The van der Waals surface area contributed by atoms with Crippen LogP contribution in [0.25, 0.3) is 10.3 Å². The third-order valence-electron chi connectivity index (χ3n) is 4.86. The van der Waals surface area contributed by atoms with E-state index in [1.54, 1.807) is 11.1 Å². The molecule has 7 nitrogen and oxygen atoms in total. The summed E-state index contributed by atoms with van der Waals surface area (Å²) in [5.41, 5.74) is 0.618. The molecule has 2 amide bonds. The van der Waals surface area contributed by atoms with Crippen molar-refractivity contribution in [2.75, 3.05) is 37.6 Å². The third-order valence-corrected chi connectivity index (χ3v) is 5.90. The summed E-state index contributed by atoms with van der Waals surface area (Å²) in [7, 11) is 0. The molecule has 0 saturated carbocycles. The van der Waals surface area contributed by atoms with Crippen LogP contribution in [-0.2, 0) is 4.79 Å². The van der Waals surface area contributed by atoms with Crippen LogP contribution in [0.4, 0.5) is 13.9 Å². The Hall–Kier alpha value is -3.14. The molecule has 1 aromatic carbocycles. The topological polar surface area (TPSA) is 78.4 Å². The number of rotatable bonds is 5. The molecule has 156 valence electrons. The SMILES string of the molecule is O=C(NCCC(=O)N1CCN(c2nc3cccnc3s2)CC1)c1ccc(F)cc1F. The lowest BCUT2D eigenvalue weighted by Crippen LogP contribution is -2.49. The van der Waals surface area contributed by atoms with Gasteiger partial charge in [0.2, 0.25) is 5.91 Å². The number of halogens is 2. The first-order valence-electron chi connectivity index (χ1n) is 9.49. The van der Waals surface area contributed by atoms with Gasteiger partial charge >= 0.3 is 0 Å². The highest BCUT2D eigenvalue weighted by Gasteiger charge is 2.23. The van der Waals surface area contributed by atoms with Crippen LogP contribution in [0.2, 0.25) is 0 Å². The molecular weight excluding hydrogens is 412 g/mol. The van der Waals surface area contributed by atoms with E-state index in [1.807, 2.05) is 12.1 Å². The maximum Gasteiger partial charge on any atom is 0.254 e. The Morgan fingerprint density at radius 2 is 1.93 bits per heavy atom. The fourth-order valence-electron chi connectivity index (χ4n) is 3.25. The maximum absolute atomic E-state index is 13.6. The van der Waals surface area contributed by atoms with Gasteiger partial charge in [-0.05, 0) is 24.3 Å². The van der Waals surface area contributed by atoms with Crippen LogP contribution in [0.3, 0.4) is 0 Å². The van der Waals surface area contributed by atoms with E-state index < -0.39 is 17.5 Å². The minimum Gasteiger partial charge on any atom is -0.351 e. The van der Waals surface area contributed by atoms with Gasteiger partial charge in [-0.1, -0.05) is 11.3 Å². The quantitative estimate of drug-likeness (QED) is 0.672. The molecule has 2 aromatic heterocycles. The number of nitrogens with one attached hydrogen (secondary N) is 1. The van der Waals surface area contributed by atoms with Crippen molar-refractivity contribution in [3.05, 3.63) is 53.7 Å². The summed E-state index contributed by atoms with van der Waals surface area (Å²) in [6.45, 7) is 2.53. The van der Waals surface area contributed by atoms with Crippen LogP contribution < -0.4 is 10.2 Å². The van der Waals surface area contributed by atoms with Crippen LogP contribution in [0.15, 0.2) is 36.5 Å². The number of piperazine rings is 1. The number of fused-ring (bicyclic) bond motifs is 1. The second-order valence-electron chi connectivity index (χ2n) is 6.82. The number of amides is 2. The standard InChI is InChI=1S/C20H19F2N5O2S/c21-13-3-4-14(15(22)12-13)18(29)23-7-5-17(28)26-8-10-27(11-9-26)20-25-16-2-1-6-24-19(16)30-20/h1-4,6,12H,5,7-11H2,(H,23,29). The smallest absolute Gasteiger partial charge is 0.254 e. The average Bonchev–Trinajstić information content (AvgIpc) is 3.18. The normalized spacial score (nSPS) is 14.2. The lowest BCUT2D eigenvalue weighted by atomic mass is 10.2. The van der Waals surface area contributed by atoms with E-state index in [1.165, 1.54) is 11.3 Å². The van der Waals surface area contributed by atoms with Gasteiger partial charge in [-0.3, -0.25) is 9.59 Å². The van der Waals surface area contributed by atoms with Gasteiger partial charge in [-0.25, -0.2) is 18.7 Å². The molecule has 30 heavy (non-hydrogen) atoms. The minimum atomic E-state index is -0.931. The second kappa shape index (κ2) is 8.70. The van der Waals surface area contributed by atoms with E-state index in [-0.39, 0.29) is 24.4 Å². The lowest BCUT2D eigenvalue weighted by Gasteiger charge is -2.34. The molecule has 1 aliphatic rings. The van der Waals surface area contributed by atoms with E-state index in [9.17, 15) is 18.4 Å². The van der Waals surface area contributed by atoms with E-state index >= 15 is 0 Å². The molecule has 1 N–H and O–H groups in total. The van der Waals surface area contributed by atoms with Crippen LogP contribution >= 0.6 is 11.3 Å². The largest absolute Gasteiger partial charge is 0.351 e. The molecule has 0 radical (unpaired) electrons. The highest BCUT2D eigenvalue weighted by Crippen LogP contribution is 2.27. The number of hydrogen-bond donors (Lipinski definition) is 1. The molecule has 0 aliphatic carbocycles. The van der Waals surface area contributed by atoms with Gasteiger partial charge in [0.05, 0.1) is 5.56 Å². The highest BCUT2D eigenvalue weighted by atomic mass is 32.1. The molecular formula is C20H19F2N5O2S. The Morgan fingerprint density at radius 1 is 1.13 bits per heavy atom. The van der Waals surface area contributed by atoms with Gasteiger partial charge in [-0.2, -0.15) is 0 Å². The Morgan fingerprint density at radius 3 is 2.67 bits per heavy atom. The lowest BCUT2D eigenvalue weighted by molar-refractivity contribution is -0.131. The number of pyridine rings is 1. The number of carbonyl (C=O) groups excluding carboxylic acids is 2. The van der Waals surface area contributed by atoms with E-state index in [0.29, 0.717) is 32.2 Å². The molecule has 0 spiro atoms. The van der Waals surface area contributed by atoms with Gasteiger partial charge in [0.15, 0.2) is 5.13 Å². The number of nitrogens with zero attached hydrogens (tertiary/aromatic N) is 4.